The second-order valence-electron chi connectivity index (χ2n) is 4.08. The summed E-state index contributed by atoms with van der Waals surface area (Å²) in [5, 5.41) is 0. The summed E-state index contributed by atoms with van der Waals surface area (Å²) in [6, 6.07) is 10.1. The molecule has 0 bridgehead atoms. The molecule has 4 nitrogen and oxygen atoms in total. The van der Waals surface area contributed by atoms with Crippen LogP contribution >= 0.6 is 0 Å². The molecule has 0 radical (unpaired) electrons. The average molecular weight is 286 g/mol. The van der Waals surface area contributed by atoms with Gasteiger partial charge in [-0.25, -0.2) is 4.21 Å². The highest BCUT2D eigenvalue weighted by molar-refractivity contribution is 7.79. The topological polar surface area (TPSA) is 44.8 Å². The minimum atomic E-state index is -1.20. The molecule has 0 aliphatic carbocycles. The summed E-state index contributed by atoms with van der Waals surface area (Å²) in [7, 11) is 0. The summed E-state index contributed by atoms with van der Waals surface area (Å²) in [6.45, 7) is 2.97. The minimum absolute atomic E-state index is 0.383. The monoisotopic (exact) mass is 286 g/mol. The van der Waals surface area contributed by atoms with Crippen molar-refractivity contribution in [3.8, 4) is 0 Å². The highest BCUT2D eigenvalue weighted by Crippen LogP contribution is 2.01. The maximum atomic E-state index is 10.6. The van der Waals surface area contributed by atoms with Gasteiger partial charge >= 0.3 is 0 Å². The summed E-state index contributed by atoms with van der Waals surface area (Å²) >= 11 is -1.20. The molecule has 1 unspecified atom stereocenters. The van der Waals surface area contributed by atoms with Gasteiger partial charge in [-0.2, -0.15) is 0 Å². The van der Waals surface area contributed by atoms with E-state index in [0.29, 0.717) is 26.4 Å². The van der Waals surface area contributed by atoms with Crippen LogP contribution in [0.2, 0.25) is 0 Å². The van der Waals surface area contributed by atoms with E-state index in [1.165, 1.54) is 11.8 Å². The highest BCUT2D eigenvalue weighted by Gasteiger charge is 1.94. The van der Waals surface area contributed by atoms with Crippen molar-refractivity contribution in [1.29, 1.82) is 0 Å². The molecule has 1 aromatic carbocycles. The lowest BCUT2D eigenvalue weighted by Gasteiger charge is -2.05. The van der Waals surface area contributed by atoms with Gasteiger partial charge in [0.25, 0.3) is 0 Å². The molecule has 1 aromatic rings. The van der Waals surface area contributed by atoms with Crippen LogP contribution in [0.1, 0.15) is 18.4 Å². The first kappa shape index (κ1) is 16.3. The molecule has 5 heteroatoms. The van der Waals surface area contributed by atoms with E-state index < -0.39 is 11.1 Å². The Bertz CT molecular complexity index is 343. The SMILES string of the molecule is CS(=O)OCCOCCCCOCc1ccccc1. The normalized spacial score (nSPS) is 12.5. The van der Waals surface area contributed by atoms with E-state index in [4.69, 9.17) is 13.7 Å². The van der Waals surface area contributed by atoms with Crippen molar-refractivity contribution in [2.45, 2.75) is 19.4 Å². The van der Waals surface area contributed by atoms with Gasteiger partial charge in [0, 0.05) is 19.5 Å². The Morgan fingerprint density at radius 2 is 1.63 bits per heavy atom. The van der Waals surface area contributed by atoms with Gasteiger partial charge in [0.05, 0.1) is 19.8 Å². The van der Waals surface area contributed by atoms with Gasteiger partial charge in [0.15, 0.2) is 11.1 Å². The quantitative estimate of drug-likeness (QED) is 0.586. The van der Waals surface area contributed by atoms with Crippen molar-refractivity contribution >= 4 is 11.1 Å². The van der Waals surface area contributed by atoms with E-state index in [9.17, 15) is 4.21 Å². The molecule has 0 aromatic heterocycles. The van der Waals surface area contributed by atoms with Crippen molar-refractivity contribution < 1.29 is 17.9 Å². The van der Waals surface area contributed by atoms with Crippen LogP contribution in [-0.2, 0) is 31.3 Å². The second kappa shape index (κ2) is 11.1. The molecule has 0 heterocycles. The van der Waals surface area contributed by atoms with Gasteiger partial charge in [0.2, 0.25) is 0 Å². The zero-order valence-electron chi connectivity index (χ0n) is 11.4. The Kier molecular flexibility index (Phi) is 9.53. The van der Waals surface area contributed by atoms with Gasteiger partial charge in [-0.15, -0.1) is 0 Å². The van der Waals surface area contributed by atoms with E-state index in [2.05, 4.69) is 12.1 Å². The van der Waals surface area contributed by atoms with Crippen molar-refractivity contribution in [3.05, 3.63) is 35.9 Å². The van der Waals surface area contributed by atoms with Crippen LogP contribution in [0.25, 0.3) is 0 Å². The molecule has 0 N–H and O–H groups in total. The Hall–Kier alpha value is -0.750. The zero-order chi connectivity index (χ0) is 13.8. The lowest BCUT2D eigenvalue weighted by Crippen LogP contribution is -2.06. The predicted octanol–water partition coefficient (Wildman–Crippen LogP) is 2.31. The molecular weight excluding hydrogens is 264 g/mol. The maximum Gasteiger partial charge on any atom is 0.152 e. The number of rotatable bonds is 11. The van der Waals surface area contributed by atoms with Gasteiger partial charge in [-0.05, 0) is 18.4 Å². The Balaban J connectivity index is 1.83. The minimum Gasteiger partial charge on any atom is -0.379 e. The van der Waals surface area contributed by atoms with Crippen molar-refractivity contribution in [2.75, 3.05) is 32.7 Å². The molecular formula is C14H22O4S. The van der Waals surface area contributed by atoms with Gasteiger partial charge in [-0.1, -0.05) is 30.3 Å². The van der Waals surface area contributed by atoms with Crippen molar-refractivity contribution in [1.82, 2.24) is 0 Å². The Morgan fingerprint density at radius 3 is 2.32 bits per heavy atom. The van der Waals surface area contributed by atoms with Crippen LogP contribution in [0.4, 0.5) is 0 Å². The van der Waals surface area contributed by atoms with Crippen LogP contribution in [0, 0.1) is 0 Å². The third kappa shape index (κ3) is 9.78. The first-order valence-corrected chi connectivity index (χ1v) is 7.93. The first-order valence-electron chi connectivity index (χ1n) is 6.45. The lowest BCUT2D eigenvalue weighted by atomic mass is 10.2. The maximum absolute atomic E-state index is 10.6. The second-order valence-corrected chi connectivity index (χ2v) is 5.12. The molecule has 0 saturated heterocycles. The Labute approximate surface area is 117 Å². The van der Waals surface area contributed by atoms with E-state index in [1.54, 1.807) is 0 Å². The van der Waals surface area contributed by atoms with Crippen LogP contribution in [0.3, 0.4) is 0 Å². The van der Waals surface area contributed by atoms with E-state index in [-0.39, 0.29) is 0 Å². The largest absolute Gasteiger partial charge is 0.379 e. The van der Waals surface area contributed by atoms with E-state index >= 15 is 0 Å². The molecule has 0 saturated carbocycles. The first-order chi connectivity index (χ1) is 9.29. The van der Waals surface area contributed by atoms with Crippen LogP contribution in [-0.4, -0.2) is 36.9 Å². The standard InChI is InChI=1S/C14H22O4S/c1-19(15)18-12-11-16-9-5-6-10-17-13-14-7-3-2-4-8-14/h2-4,7-8H,5-6,9-13H2,1H3. The summed E-state index contributed by atoms with van der Waals surface area (Å²) in [5.41, 5.74) is 1.20. The van der Waals surface area contributed by atoms with Gasteiger partial charge < -0.3 is 9.47 Å². The summed E-state index contributed by atoms with van der Waals surface area (Å²) in [4.78, 5) is 0. The van der Waals surface area contributed by atoms with Crippen LogP contribution in [0.15, 0.2) is 30.3 Å². The summed E-state index contributed by atoms with van der Waals surface area (Å²) in [6.07, 6.45) is 3.45. The summed E-state index contributed by atoms with van der Waals surface area (Å²) in [5.74, 6) is 0. The number of benzene rings is 1. The number of unbranched alkanes of at least 4 members (excludes halogenated alkanes) is 1. The molecule has 108 valence electrons. The van der Waals surface area contributed by atoms with Crippen LogP contribution < -0.4 is 0 Å². The van der Waals surface area contributed by atoms with Crippen molar-refractivity contribution in [3.63, 3.8) is 0 Å². The van der Waals surface area contributed by atoms with Gasteiger partial charge in [-0.3, -0.25) is 4.18 Å². The number of hydrogen-bond acceptors (Lipinski definition) is 4. The predicted molar refractivity (Wildman–Crippen MR) is 76.2 cm³/mol. The van der Waals surface area contributed by atoms with Crippen LogP contribution in [0.5, 0.6) is 0 Å². The fraction of sp³-hybridized carbons (Fsp3) is 0.571. The fourth-order valence-corrected chi connectivity index (χ4v) is 1.79. The molecule has 1 atom stereocenters. The molecule has 0 spiro atoms. The van der Waals surface area contributed by atoms with E-state index in [1.807, 2.05) is 18.2 Å². The van der Waals surface area contributed by atoms with Gasteiger partial charge in [0.1, 0.15) is 0 Å². The van der Waals surface area contributed by atoms with E-state index in [0.717, 1.165) is 19.4 Å². The molecule has 0 aliphatic heterocycles. The Morgan fingerprint density at radius 1 is 0.947 bits per heavy atom. The average Bonchev–Trinajstić information content (AvgIpc) is 2.42. The third-order valence-corrected chi connectivity index (χ3v) is 2.91. The smallest absolute Gasteiger partial charge is 0.152 e. The molecule has 0 amide bonds. The molecule has 0 fully saturated rings. The van der Waals surface area contributed by atoms with Crippen molar-refractivity contribution in [2.24, 2.45) is 0 Å². The number of hydrogen-bond donors (Lipinski definition) is 0. The third-order valence-electron chi connectivity index (χ3n) is 2.42. The zero-order valence-corrected chi connectivity index (χ0v) is 12.2. The lowest BCUT2D eigenvalue weighted by molar-refractivity contribution is 0.0837. The highest BCUT2D eigenvalue weighted by atomic mass is 32.2. The number of ether oxygens (including phenoxy) is 2. The molecule has 0 aliphatic rings. The summed E-state index contributed by atoms with van der Waals surface area (Å²) < 4.78 is 26.3. The molecule has 19 heavy (non-hydrogen) atoms. The fourth-order valence-electron chi connectivity index (χ4n) is 1.48. The molecule has 1 rings (SSSR count).